The molecule has 0 bridgehead atoms. The summed E-state index contributed by atoms with van der Waals surface area (Å²) in [6, 6.07) is 13.3. The quantitative estimate of drug-likeness (QED) is 0.918. The first-order valence-electron chi connectivity index (χ1n) is 7.13. The van der Waals surface area contributed by atoms with E-state index in [-0.39, 0.29) is 6.79 Å². The average Bonchev–Trinajstić information content (AvgIpc) is 2.95. The van der Waals surface area contributed by atoms with Crippen LogP contribution < -0.4 is 9.47 Å². The van der Waals surface area contributed by atoms with Gasteiger partial charge in [-0.25, -0.2) is 0 Å². The summed E-state index contributed by atoms with van der Waals surface area (Å²) < 4.78 is 10.7. The highest BCUT2D eigenvalue weighted by atomic mass is 35.5. The van der Waals surface area contributed by atoms with E-state index >= 15 is 0 Å². The van der Waals surface area contributed by atoms with Crippen LogP contribution in [0, 0.1) is 0 Å². The minimum atomic E-state index is -0.618. The highest BCUT2D eigenvalue weighted by molar-refractivity contribution is 6.31. The first-order chi connectivity index (χ1) is 10.6. The Labute approximate surface area is 134 Å². The predicted octanol–water partition coefficient (Wildman–Crippen LogP) is 3.23. The van der Waals surface area contributed by atoms with Crippen molar-refractivity contribution >= 4 is 11.6 Å². The molecule has 3 rings (SSSR count). The molecule has 0 amide bonds. The summed E-state index contributed by atoms with van der Waals surface area (Å²) in [7, 11) is 1.96. The topological polar surface area (TPSA) is 41.9 Å². The molecule has 4 nitrogen and oxygen atoms in total. The summed E-state index contributed by atoms with van der Waals surface area (Å²) >= 11 is 6.12. The molecular formula is C17H18ClNO3. The Bertz CT molecular complexity index is 662. The summed E-state index contributed by atoms with van der Waals surface area (Å²) in [6.07, 6.45) is -0.618. The fourth-order valence-electron chi connectivity index (χ4n) is 2.55. The van der Waals surface area contributed by atoms with Gasteiger partial charge in [0.25, 0.3) is 0 Å². The van der Waals surface area contributed by atoms with Gasteiger partial charge >= 0.3 is 0 Å². The van der Waals surface area contributed by atoms with Crippen molar-refractivity contribution < 1.29 is 14.6 Å². The second-order valence-electron chi connectivity index (χ2n) is 5.42. The van der Waals surface area contributed by atoms with E-state index in [0.717, 1.165) is 22.6 Å². The van der Waals surface area contributed by atoms with E-state index in [2.05, 4.69) is 0 Å². The Morgan fingerprint density at radius 1 is 1.18 bits per heavy atom. The van der Waals surface area contributed by atoms with Crippen molar-refractivity contribution in [3.63, 3.8) is 0 Å². The van der Waals surface area contributed by atoms with Crippen molar-refractivity contribution in [2.75, 3.05) is 20.4 Å². The maximum atomic E-state index is 10.3. The number of likely N-dealkylation sites (N-methyl/N-ethyl adjacent to an activating group) is 1. The first-order valence-corrected chi connectivity index (χ1v) is 7.51. The van der Waals surface area contributed by atoms with Crippen molar-refractivity contribution in [1.82, 2.24) is 4.90 Å². The standard InChI is InChI=1S/C17H18ClNO3/c1-19(10-15(20)13-4-2-3-5-14(13)18)9-12-6-7-16-17(8-12)22-11-21-16/h2-8,15,20H,9-11H2,1H3. The number of halogens is 1. The van der Waals surface area contributed by atoms with Gasteiger partial charge in [-0.15, -0.1) is 0 Å². The van der Waals surface area contributed by atoms with Crippen molar-refractivity contribution in [2.24, 2.45) is 0 Å². The van der Waals surface area contributed by atoms with Crippen LogP contribution in [0.4, 0.5) is 0 Å². The number of nitrogens with zero attached hydrogens (tertiary/aromatic N) is 1. The largest absolute Gasteiger partial charge is 0.454 e. The lowest BCUT2D eigenvalue weighted by Gasteiger charge is -2.21. The van der Waals surface area contributed by atoms with E-state index in [9.17, 15) is 5.11 Å². The molecule has 2 aromatic rings. The second kappa shape index (κ2) is 6.57. The van der Waals surface area contributed by atoms with Crippen LogP contribution in [-0.2, 0) is 6.54 Å². The van der Waals surface area contributed by atoms with E-state index in [4.69, 9.17) is 21.1 Å². The van der Waals surface area contributed by atoms with Crippen LogP contribution in [0.15, 0.2) is 42.5 Å². The molecule has 0 aliphatic carbocycles. The lowest BCUT2D eigenvalue weighted by atomic mass is 10.1. The molecule has 1 N–H and O–H groups in total. The smallest absolute Gasteiger partial charge is 0.231 e. The molecule has 1 aliphatic rings. The van der Waals surface area contributed by atoms with Crippen LogP contribution >= 0.6 is 11.6 Å². The summed E-state index contributed by atoms with van der Waals surface area (Å²) in [5.41, 5.74) is 1.86. The zero-order valence-corrected chi connectivity index (χ0v) is 13.1. The highest BCUT2D eigenvalue weighted by Gasteiger charge is 2.16. The summed E-state index contributed by atoms with van der Waals surface area (Å²) in [4.78, 5) is 2.05. The SMILES string of the molecule is CN(Cc1ccc2c(c1)OCO2)CC(O)c1ccccc1Cl. The third-order valence-corrected chi connectivity index (χ3v) is 3.98. The van der Waals surface area contributed by atoms with Crippen LogP contribution in [0.3, 0.4) is 0 Å². The highest BCUT2D eigenvalue weighted by Crippen LogP contribution is 2.33. The predicted molar refractivity (Wildman–Crippen MR) is 85.3 cm³/mol. The zero-order chi connectivity index (χ0) is 15.5. The van der Waals surface area contributed by atoms with E-state index in [1.54, 1.807) is 6.07 Å². The van der Waals surface area contributed by atoms with Gasteiger partial charge in [0.05, 0.1) is 6.10 Å². The van der Waals surface area contributed by atoms with Gasteiger partial charge < -0.3 is 14.6 Å². The molecule has 1 aliphatic heterocycles. The van der Waals surface area contributed by atoms with Crippen molar-refractivity contribution in [2.45, 2.75) is 12.6 Å². The first kappa shape index (κ1) is 15.2. The van der Waals surface area contributed by atoms with Gasteiger partial charge in [0, 0.05) is 23.7 Å². The Balaban J connectivity index is 1.63. The van der Waals surface area contributed by atoms with E-state index in [1.807, 2.05) is 48.3 Å². The van der Waals surface area contributed by atoms with Crippen molar-refractivity contribution in [3.05, 3.63) is 58.6 Å². The number of fused-ring (bicyclic) bond motifs is 1. The molecule has 0 spiro atoms. The Hall–Kier alpha value is -1.75. The lowest BCUT2D eigenvalue weighted by molar-refractivity contribution is 0.124. The number of ether oxygens (including phenoxy) is 2. The number of aliphatic hydroxyl groups is 1. The lowest BCUT2D eigenvalue weighted by Crippen LogP contribution is -2.24. The van der Waals surface area contributed by atoms with Gasteiger partial charge in [0.1, 0.15) is 0 Å². The molecule has 1 heterocycles. The second-order valence-corrected chi connectivity index (χ2v) is 5.83. The third kappa shape index (κ3) is 3.35. The molecule has 2 aromatic carbocycles. The molecule has 0 saturated carbocycles. The maximum Gasteiger partial charge on any atom is 0.231 e. The van der Waals surface area contributed by atoms with E-state index < -0.39 is 6.10 Å². The minimum absolute atomic E-state index is 0.278. The zero-order valence-electron chi connectivity index (χ0n) is 12.3. The molecular weight excluding hydrogens is 302 g/mol. The van der Waals surface area contributed by atoms with Gasteiger partial charge in [0.2, 0.25) is 6.79 Å². The van der Waals surface area contributed by atoms with Crippen LogP contribution in [0.2, 0.25) is 5.02 Å². The van der Waals surface area contributed by atoms with E-state index in [1.165, 1.54) is 0 Å². The number of aliphatic hydroxyl groups excluding tert-OH is 1. The molecule has 116 valence electrons. The van der Waals surface area contributed by atoms with Crippen molar-refractivity contribution in [3.8, 4) is 11.5 Å². The number of benzene rings is 2. The normalized spacial score (nSPS) is 14.4. The number of hydrogen-bond donors (Lipinski definition) is 1. The molecule has 1 unspecified atom stereocenters. The Morgan fingerprint density at radius 3 is 2.77 bits per heavy atom. The molecule has 5 heteroatoms. The summed E-state index contributed by atoms with van der Waals surface area (Å²) in [5, 5.41) is 10.9. The summed E-state index contributed by atoms with van der Waals surface area (Å²) in [5.74, 6) is 1.56. The van der Waals surface area contributed by atoms with Crippen LogP contribution in [0.1, 0.15) is 17.2 Å². The van der Waals surface area contributed by atoms with Gasteiger partial charge in [-0.1, -0.05) is 35.9 Å². The molecule has 0 fully saturated rings. The molecule has 1 atom stereocenters. The minimum Gasteiger partial charge on any atom is -0.454 e. The van der Waals surface area contributed by atoms with Crippen LogP contribution in [0.25, 0.3) is 0 Å². The van der Waals surface area contributed by atoms with Gasteiger partial charge in [-0.2, -0.15) is 0 Å². The fraction of sp³-hybridized carbons (Fsp3) is 0.294. The number of hydrogen-bond acceptors (Lipinski definition) is 4. The van der Waals surface area contributed by atoms with Crippen LogP contribution in [-0.4, -0.2) is 30.4 Å². The molecule has 0 saturated heterocycles. The molecule has 0 radical (unpaired) electrons. The molecule has 22 heavy (non-hydrogen) atoms. The fourth-order valence-corrected chi connectivity index (χ4v) is 2.82. The van der Waals surface area contributed by atoms with Gasteiger partial charge in [-0.05, 0) is 30.8 Å². The maximum absolute atomic E-state index is 10.3. The number of rotatable bonds is 5. The monoisotopic (exact) mass is 319 g/mol. The Morgan fingerprint density at radius 2 is 1.95 bits per heavy atom. The Kier molecular flexibility index (Phi) is 4.52. The van der Waals surface area contributed by atoms with Gasteiger partial charge in [-0.3, -0.25) is 4.90 Å². The van der Waals surface area contributed by atoms with Crippen LogP contribution in [0.5, 0.6) is 11.5 Å². The molecule has 0 aromatic heterocycles. The van der Waals surface area contributed by atoms with Gasteiger partial charge in [0.15, 0.2) is 11.5 Å². The van der Waals surface area contributed by atoms with Crippen molar-refractivity contribution in [1.29, 1.82) is 0 Å². The summed E-state index contributed by atoms with van der Waals surface area (Å²) in [6.45, 7) is 1.48. The van der Waals surface area contributed by atoms with E-state index in [0.29, 0.717) is 18.1 Å². The third-order valence-electron chi connectivity index (χ3n) is 3.64. The average molecular weight is 320 g/mol.